The summed E-state index contributed by atoms with van der Waals surface area (Å²) in [7, 11) is 0. The van der Waals surface area contributed by atoms with Crippen molar-refractivity contribution in [3.05, 3.63) is 101 Å². The van der Waals surface area contributed by atoms with E-state index in [1.54, 1.807) is 31.5 Å². The summed E-state index contributed by atoms with van der Waals surface area (Å²) in [5, 5.41) is 7.04. The average molecular weight is 505 g/mol. The zero-order valence-electron chi connectivity index (χ0n) is 20.0. The first-order valence-corrected chi connectivity index (χ1v) is 11.5. The van der Waals surface area contributed by atoms with Gasteiger partial charge >= 0.3 is 6.18 Å². The second-order valence-electron chi connectivity index (χ2n) is 8.78. The number of nitrogens with one attached hydrogen (secondary N) is 3. The summed E-state index contributed by atoms with van der Waals surface area (Å²) in [5.74, 6) is -0.644. The Labute approximate surface area is 210 Å². The quantitative estimate of drug-likeness (QED) is 0.255. The maximum atomic E-state index is 13.6. The predicted molar refractivity (Wildman–Crippen MR) is 136 cm³/mol. The van der Waals surface area contributed by atoms with Crippen LogP contribution in [0.1, 0.15) is 32.7 Å². The molecular formula is C27H23F3N6O. The molecular weight excluding hydrogens is 481 g/mol. The summed E-state index contributed by atoms with van der Waals surface area (Å²) < 4.78 is 42.2. The number of amides is 1. The monoisotopic (exact) mass is 504 g/mol. The van der Waals surface area contributed by atoms with Gasteiger partial charge in [-0.05, 0) is 67.4 Å². The molecule has 3 heterocycles. The van der Waals surface area contributed by atoms with E-state index in [2.05, 4.69) is 25.6 Å². The number of benzene rings is 2. The topological polar surface area (TPSA) is 87.6 Å². The minimum atomic E-state index is -4.61. The zero-order valence-corrected chi connectivity index (χ0v) is 20.0. The Balaban J connectivity index is 1.37. The summed E-state index contributed by atoms with van der Waals surface area (Å²) >= 11 is 0. The van der Waals surface area contributed by atoms with Gasteiger partial charge in [0.15, 0.2) is 0 Å². The number of hydrogen-bond acceptors (Lipinski definition) is 4. The number of H-pyrrole nitrogens is 1. The number of alkyl halides is 3. The molecule has 7 nitrogen and oxygen atoms in total. The normalized spacial score (nSPS) is 11.6. The third-order valence-electron chi connectivity index (χ3n) is 6.01. The average Bonchev–Trinajstić information content (AvgIpc) is 3.52. The van der Waals surface area contributed by atoms with Gasteiger partial charge in [0.05, 0.1) is 29.5 Å². The van der Waals surface area contributed by atoms with Gasteiger partial charge in [-0.1, -0.05) is 6.07 Å². The Morgan fingerprint density at radius 1 is 1.03 bits per heavy atom. The van der Waals surface area contributed by atoms with E-state index >= 15 is 0 Å². The number of aryl methyl sites for hydroxylation is 2. The third kappa shape index (κ3) is 5.32. The number of hydrogen-bond donors (Lipinski definition) is 3. The Hall–Kier alpha value is -4.60. The first-order chi connectivity index (χ1) is 17.7. The summed E-state index contributed by atoms with van der Waals surface area (Å²) in [4.78, 5) is 24.5. The van der Waals surface area contributed by atoms with Crippen LogP contribution in [-0.2, 0) is 12.7 Å². The molecule has 0 unspecified atom stereocenters. The maximum Gasteiger partial charge on any atom is 0.416 e. The Morgan fingerprint density at radius 2 is 1.86 bits per heavy atom. The van der Waals surface area contributed by atoms with Crippen molar-refractivity contribution in [1.29, 1.82) is 0 Å². The summed E-state index contributed by atoms with van der Waals surface area (Å²) in [6.45, 7) is 4.15. The highest BCUT2D eigenvalue weighted by molar-refractivity contribution is 6.04. The summed E-state index contributed by atoms with van der Waals surface area (Å²) in [5.41, 5.74) is 3.85. The van der Waals surface area contributed by atoms with Gasteiger partial charge in [-0.3, -0.25) is 4.79 Å². The van der Waals surface area contributed by atoms with Crippen LogP contribution in [0.25, 0.3) is 16.7 Å². The first-order valence-electron chi connectivity index (χ1n) is 11.5. The lowest BCUT2D eigenvalue weighted by Crippen LogP contribution is -2.15. The maximum absolute atomic E-state index is 13.6. The molecule has 5 rings (SSSR count). The van der Waals surface area contributed by atoms with Crippen molar-refractivity contribution in [2.24, 2.45) is 0 Å². The smallest absolute Gasteiger partial charge is 0.380 e. The number of carbonyl (C=O) groups is 1. The fourth-order valence-electron chi connectivity index (χ4n) is 3.99. The number of anilines is 2. The lowest BCUT2D eigenvalue weighted by atomic mass is 10.1. The van der Waals surface area contributed by atoms with E-state index in [4.69, 9.17) is 0 Å². The molecule has 0 bridgehead atoms. The SMILES string of the molecule is Cc1cn(-c2cc(C(=O)Nc3ccc(C)c(CNc4cnc5[nH]ccc5c4)c3)cc(C(F)(F)F)c2)cn1. The molecule has 2 aromatic carbocycles. The number of nitrogens with zero attached hydrogens (tertiary/aromatic N) is 3. The molecule has 10 heteroatoms. The van der Waals surface area contributed by atoms with Gasteiger partial charge in [0, 0.05) is 41.3 Å². The molecule has 0 aliphatic heterocycles. The summed E-state index contributed by atoms with van der Waals surface area (Å²) in [6.07, 6.45) is 1.95. The van der Waals surface area contributed by atoms with Gasteiger partial charge < -0.3 is 20.2 Å². The number of fused-ring (bicyclic) bond motifs is 1. The molecule has 0 saturated heterocycles. The van der Waals surface area contributed by atoms with E-state index in [0.717, 1.165) is 40.0 Å². The number of halogens is 3. The van der Waals surface area contributed by atoms with Crippen molar-refractivity contribution in [2.75, 3.05) is 10.6 Å². The zero-order chi connectivity index (χ0) is 26.2. The van der Waals surface area contributed by atoms with E-state index < -0.39 is 17.6 Å². The number of pyridine rings is 1. The molecule has 0 radical (unpaired) electrons. The van der Waals surface area contributed by atoms with Gasteiger partial charge in [0.2, 0.25) is 0 Å². The van der Waals surface area contributed by atoms with Crippen LogP contribution in [0.4, 0.5) is 24.5 Å². The van der Waals surface area contributed by atoms with Crippen molar-refractivity contribution in [1.82, 2.24) is 19.5 Å². The van der Waals surface area contributed by atoms with Gasteiger partial charge in [0.1, 0.15) is 5.65 Å². The van der Waals surface area contributed by atoms with Crippen molar-refractivity contribution < 1.29 is 18.0 Å². The molecule has 3 aromatic heterocycles. The highest BCUT2D eigenvalue weighted by Crippen LogP contribution is 2.32. The molecule has 188 valence electrons. The number of aromatic amines is 1. The number of carbonyl (C=O) groups excluding carboxylic acids is 1. The van der Waals surface area contributed by atoms with E-state index in [0.29, 0.717) is 17.9 Å². The molecule has 3 N–H and O–H groups in total. The van der Waals surface area contributed by atoms with E-state index in [1.165, 1.54) is 17.0 Å². The van der Waals surface area contributed by atoms with Gasteiger partial charge in [-0.15, -0.1) is 0 Å². The fourth-order valence-corrected chi connectivity index (χ4v) is 3.99. The van der Waals surface area contributed by atoms with Crippen LogP contribution in [0.3, 0.4) is 0 Å². The fraction of sp³-hybridized carbons (Fsp3) is 0.148. The lowest BCUT2D eigenvalue weighted by molar-refractivity contribution is -0.137. The Bertz CT molecular complexity index is 1600. The molecule has 1 amide bonds. The van der Waals surface area contributed by atoms with E-state index in [9.17, 15) is 18.0 Å². The molecule has 0 saturated carbocycles. The van der Waals surface area contributed by atoms with Crippen LogP contribution in [0.2, 0.25) is 0 Å². The van der Waals surface area contributed by atoms with Crippen molar-refractivity contribution >= 4 is 28.3 Å². The lowest BCUT2D eigenvalue weighted by Gasteiger charge is -2.14. The number of imidazole rings is 1. The minimum Gasteiger partial charge on any atom is -0.380 e. The van der Waals surface area contributed by atoms with Crippen LogP contribution in [0.15, 0.2) is 73.4 Å². The molecule has 37 heavy (non-hydrogen) atoms. The van der Waals surface area contributed by atoms with Crippen molar-refractivity contribution in [3.8, 4) is 5.69 Å². The first kappa shape index (κ1) is 24.1. The van der Waals surface area contributed by atoms with E-state index in [1.807, 2.05) is 31.3 Å². The standard InChI is InChI=1S/C27H23F3N6O/c1-16-3-4-22(9-20(16)12-32-23-8-18-5-6-31-25(18)33-13-23)35-26(37)19-7-21(27(28,29)30)11-24(10-19)36-14-17(2)34-15-36/h3-11,13-15,32H,12H2,1-2H3,(H,31,33)(H,35,37). The Kier molecular flexibility index (Phi) is 6.16. The Morgan fingerprint density at radius 3 is 2.62 bits per heavy atom. The van der Waals surface area contributed by atoms with Gasteiger partial charge in [-0.25, -0.2) is 9.97 Å². The molecule has 0 aliphatic rings. The van der Waals surface area contributed by atoms with Crippen molar-refractivity contribution in [3.63, 3.8) is 0 Å². The number of aromatic nitrogens is 4. The van der Waals surface area contributed by atoms with Crippen LogP contribution >= 0.6 is 0 Å². The molecule has 0 atom stereocenters. The highest BCUT2D eigenvalue weighted by atomic mass is 19.4. The molecule has 0 fully saturated rings. The second-order valence-corrected chi connectivity index (χ2v) is 8.78. The van der Waals surface area contributed by atoms with Crippen LogP contribution < -0.4 is 10.6 Å². The van der Waals surface area contributed by atoms with Crippen LogP contribution in [0, 0.1) is 13.8 Å². The predicted octanol–water partition coefficient (Wildman–Crippen LogP) is 6.25. The second kappa shape index (κ2) is 9.45. The van der Waals surface area contributed by atoms with Crippen LogP contribution in [-0.4, -0.2) is 25.4 Å². The van der Waals surface area contributed by atoms with Gasteiger partial charge in [0.25, 0.3) is 5.91 Å². The van der Waals surface area contributed by atoms with Crippen LogP contribution in [0.5, 0.6) is 0 Å². The minimum absolute atomic E-state index is 0.109. The third-order valence-corrected chi connectivity index (χ3v) is 6.01. The molecule has 0 spiro atoms. The largest absolute Gasteiger partial charge is 0.416 e. The molecule has 0 aliphatic carbocycles. The highest BCUT2D eigenvalue weighted by Gasteiger charge is 2.32. The van der Waals surface area contributed by atoms with Gasteiger partial charge in [-0.2, -0.15) is 13.2 Å². The number of rotatable bonds is 6. The molecule has 5 aromatic rings. The summed E-state index contributed by atoms with van der Waals surface area (Å²) in [6, 6.07) is 12.5. The van der Waals surface area contributed by atoms with E-state index in [-0.39, 0.29) is 11.3 Å². The van der Waals surface area contributed by atoms with Crippen molar-refractivity contribution in [2.45, 2.75) is 26.6 Å².